The van der Waals surface area contributed by atoms with E-state index in [0.29, 0.717) is 6.42 Å². The largest absolute Gasteiger partial charge is 0.378 e. The van der Waals surface area contributed by atoms with Gasteiger partial charge in [-0.25, -0.2) is 4.98 Å². The molecule has 0 unspecified atom stereocenters. The Morgan fingerprint density at radius 2 is 1.87 bits per heavy atom. The van der Waals surface area contributed by atoms with E-state index >= 15 is 0 Å². The fraction of sp³-hybridized carbons (Fsp3) is 0.412. The van der Waals surface area contributed by atoms with Crippen molar-refractivity contribution in [3.05, 3.63) is 29.6 Å². The molecule has 0 atom stereocenters. The molecule has 1 amide bonds. The minimum atomic E-state index is 0.223. The normalized spacial score (nSPS) is 18.7. The molecule has 0 aliphatic carbocycles. The topological polar surface area (TPSA) is 45.7 Å². The zero-order valence-corrected chi connectivity index (χ0v) is 13.7. The van der Waals surface area contributed by atoms with E-state index in [-0.39, 0.29) is 5.91 Å². The number of aromatic nitrogens is 1. The van der Waals surface area contributed by atoms with Crippen LogP contribution in [0.1, 0.15) is 12.8 Å². The predicted octanol–water partition coefficient (Wildman–Crippen LogP) is 2.77. The molecule has 2 fully saturated rings. The van der Waals surface area contributed by atoms with E-state index < -0.39 is 0 Å². The van der Waals surface area contributed by atoms with Crippen LogP contribution >= 0.6 is 11.3 Å². The number of anilines is 2. The summed E-state index contributed by atoms with van der Waals surface area (Å²) >= 11 is 1.68. The molecule has 2 aliphatic rings. The quantitative estimate of drug-likeness (QED) is 0.869. The van der Waals surface area contributed by atoms with Crippen LogP contribution in [0.4, 0.5) is 10.8 Å². The maximum atomic E-state index is 11.8. The number of amides is 1. The van der Waals surface area contributed by atoms with Crippen molar-refractivity contribution in [3.63, 3.8) is 0 Å². The summed E-state index contributed by atoms with van der Waals surface area (Å²) < 4.78 is 5.39. The van der Waals surface area contributed by atoms with Gasteiger partial charge in [-0.1, -0.05) is 12.1 Å². The first-order chi connectivity index (χ1) is 11.3. The van der Waals surface area contributed by atoms with Crippen molar-refractivity contribution < 1.29 is 9.53 Å². The van der Waals surface area contributed by atoms with Gasteiger partial charge in [0.1, 0.15) is 0 Å². The van der Waals surface area contributed by atoms with Crippen LogP contribution in [0.5, 0.6) is 0 Å². The fourth-order valence-corrected chi connectivity index (χ4v) is 3.92. The van der Waals surface area contributed by atoms with Gasteiger partial charge in [0, 0.05) is 42.7 Å². The van der Waals surface area contributed by atoms with E-state index in [4.69, 9.17) is 9.72 Å². The van der Waals surface area contributed by atoms with Crippen molar-refractivity contribution >= 4 is 28.1 Å². The third kappa shape index (κ3) is 2.96. The van der Waals surface area contributed by atoms with Gasteiger partial charge in [-0.05, 0) is 18.6 Å². The second-order valence-electron chi connectivity index (χ2n) is 5.81. The molecule has 0 bridgehead atoms. The molecule has 0 N–H and O–H groups in total. The zero-order chi connectivity index (χ0) is 15.6. The van der Waals surface area contributed by atoms with Crippen LogP contribution in [0.15, 0.2) is 29.6 Å². The van der Waals surface area contributed by atoms with E-state index in [9.17, 15) is 4.79 Å². The summed E-state index contributed by atoms with van der Waals surface area (Å²) in [5.74, 6) is 0.223. The van der Waals surface area contributed by atoms with Gasteiger partial charge in [-0.2, -0.15) is 0 Å². The van der Waals surface area contributed by atoms with Gasteiger partial charge >= 0.3 is 0 Å². The van der Waals surface area contributed by atoms with Crippen LogP contribution in [0.3, 0.4) is 0 Å². The Morgan fingerprint density at radius 1 is 1.09 bits per heavy atom. The molecule has 2 saturated heterocycles. The van der Waals surface area contributed by atoms with E-state index in [1.807, 2.05) is 17.0 Å². The molecule has 1 aromatic carbocycles. The summed E-state index contributed by atoms with van der Waals surface area (Å²) in [7, 11) is 0. The van der Waals surface area contributed by atoms with Gasteiger partial charge in [-0.3, -0.25) is 4.79 Å². The summed E-state index contributed by atoms with van der Waals surface area (Å²) in [6, 6.07) is 8.15. The first-order valence-electron chi connectivity index (χ1n) is 8.00. The number of hydrogen-bond acceptors (Lipinski definition) is 5. The van der Waals surface area contributed by atoms with Crippen LogP contribution in [0, 0.1) is 0 Å². The average molecular weight is 329 g/mol. The molecule has 23 heavy (non-hydrogen) atoms. The Hall–Kier alpha value is -1.92. The van der Waals surface area contributed by atoms with Gasteiger partial charge in [-0.15, -0.1) is 11.3 Å². The molecule has 2 aliphatic heterocycles. The summed E-state index contributed by atoms with van der Waals surface area (Å²) in [6.07, 6.45) is 1.62. The summed E-state index contributed by atoms with van der Waals surface area (Å²) in [5, 5.41) is 3.16. The molecular weight excluding hydrogens is 310 g/mol. The number of morpholine rings is 1. The minimum absolute atomic E-state index is 0.223. The lowest BCUT2D eigenvalue weighted by Gasteiger charge is -2.26. The molecule has 6 heteroatoms. The second kappa shape index (κ2) is 6.29. The third-order valence-corrected chi connectivity index (χ3v) is 5.22. The van der Waals surface area contributed by atoms with Crippen LogP contribution in [0.25, 0.3) is 11.3 Å². The molecule has 5 nitrogen and oxygen atoms in total. The second-order valence-corrected chi connectivity index (χ2v) is 6.65. The minimum Gasteiger partial charge on any atom is -0.378 e. The Bertz CT molecular complexity index is 692. The molecule has 0 saturated carbocycles. The maximum Gasteiger partial charge on any atom is 0.227 e. The zero-order valence-electron chi connectivity index (χ0n) is 12.9. The summed E-state index contributed by atoms with van der Waals surface area (Å²) in [4.78, 5) is 20.7. The predicted molar refractivity (Wildman–Crippen MR) is 92.2 cm³/mol. The van der Waals surface area contributed by atoms with Crippen molar-refractivity contribution in [3.8, 4) is 11.3 Å². The standard InChI is InChI=1S/C17H19N3O2S/c21-16-2-1-7-20(16)14-5-3-13(4-6-14)15-12-23-17(18-15)19-8-10-22-11-9-19/h3-6,12H,1-2,7-11H2. The smallest absolute Gasteiger partial charge is 0.227 e. The van der Waals surface area contributed by atoms with Gasteiger partial charge in [0.2, 0.25) is 5.91 Å². The number of carbonyl (C=O) groups excluding carboxylic acids is 1. The fourth-order valence-electron chi connectivity index (χ4n) is 3.03. The van der Waals surface area contributed by atoms with Crippen molar-refractivity contribution in [1.29, 1.82) is 0 Å². The molecule has 4 rings (SSSR count). The molecule has 120 valence electrons. The Labute approximate surface area is 139 Å². The number of hydrogen-bond donors (Lipinski definition) is 0. The maximum absolute atomic E-state index is 11.8. The van der Waals surface area contributed by atoms with E-state index in [1.165, 1.54) is 0 Å². The summed E-state index contributed by atoms with van der Waals surface area (Å²) in [5.41, 5.74) is 3.08. The van der Waals surface area contributed by atoms with Gasteiger partial charge in [0.25, 0.3) is 0 Å². The highest BCUT2D eigenvalue weighted by atomic mass is 32.1. The van der Waals surface area contributed by atoms with Crippen molar-refractivity contribution in [1.82, 2.24) is 4.98 Å². The SMILES string of the molecule is O=C1CCCN1c1ccc(-c2csc(N3CCOCC3)n2)cc1. The molecule has 0 radical (unpaired) electrons. The highest BCUT2D eigenvalue weighted by molar-refractivity contribution is 7.14. The average Bonchev–Trinajstić information content (AvgIpc) is 3.25. The molecule has 3 heterocycles. The number of thiazole rings is 1. The molecule has 1 aromatic heterocycles. The number of benzene rings is 1. The summed E-state index contributed by atoms with van der Waals surface area (Å²) in [6.45, 7) is 4.18. The van der Waals surface area contributed by atoms with Crippen LogP contribution in [0.2, 0.25) is 0 Å². The van der Waals surface area contributed by atoms with E-state index in [0.717, 1.165) is 61.3 Å². The molecule has 0 spiro atoms. The third-order valence-electron chi connectivity index (χ3n) is 4.32. The van der Waals surface area contributed by atoms with Gasteiger partial charge in [0.05, 0.1) is 18.9 Å². The number of nitrogens with zero attached hydrogens (tertiary/aromatic N) is 3. The number of rotatable bonds is 3. The van der Waals surface area contributed by atoms with E-state index in [2.05, 4.69) is 22.4 Å². The first-order valence-corrected chi connectivity index (χ1v) is 8.88. The van der Waals surface area contributed by atoms with Crippen molar-refractivity contribution in [2.75, 3.05) is 42.6 Å². The molecule has 2 aromatic rings. The monoisotopic (exact) mass is 329 g/mol. The Morgan fingerprint density at radius 3 is 2.57 bits per heavy atom. The first kappa shape index (κ1) is 14.7. The van der Waals surface area contributed by atoms with Crippen LogP contribution in [-0.4, -0.2) is 43.7 Å². The lowest BCUT2D eigenvalue weighted by atomic mass is 10.1. The van der Waals surface area contributed by atoms with Crippen LogP contribution in [-0.2, 0) is 9.53 Å². The van der Waals surface area contributed by atoms with Gasteiger partial charge < -0.3 is 14.5 Å². The van der Waals surface area contributed by atoms with Crippen molar-refractivity contribution in [2.45, 2.75) is 12.8 Å². The Balaban J connectivity index is 1.52. The number of ether oxygens (including phenoxy) is 1. The highest BCUT2D eigenvalue weighted by Gasteiger charge is 2.21. The van der Waals surface area contributed by atoms with Crippen molar-refractivity contribution in [2.24, 2.45) is 0 Å². The lowest BCUT2D eigenvalue weighted by Crippen LogP contribution is -2.36. The highest BCUT2D eigenvalue weighted by Crippen LogP contribution is 2.30. The lowest BCUT2D eigenvalue weighted by molar-refractivity contribution is -0.117. The molecular formula is C17H19N3O2S. The van der Waals surface area contributed by atoms with Gasteiger partial charge in [0.15, 0.2) is 5.13 Å². The number of carbonyl (C=O) groups is 1. The van der Waals surface area contributed by atoms with E-state index in [1.54, 1.807) is 11.3 Å². The van der Waals surface area contributed by atoms with Crippen LogP contribution < -0.4 is 9.80 Å². The Kier molecular flexibility index (Phi) is 4.01.